The Morgan fingerprint density at radius 1 is 1.00 bits per heavy atom. The van der Waals surface area contributed by atoms with Crippen LogP contribution in [0.5, 0.6) is 0 Å². The second kappa shape index (κ2) is 9.32. The highest BCUT2D eigenvalue weighted by molar-refractivity contribution is 5.95. The van der Waals surface area contributed by atoms with Crippen molar-refractivity contribution >= 4 is 28.3 Å². The van der Waals surface area contributed by atoms with Crippen molar-refractivity contribution in [3.05, 3.63) is 74.9 Å². The van der Waals surface area contributed by atoms with E-state index >= 15 is 0 Å². The van der Waals surface area contributed by atoms with Gasteiger partial charge in [0.15, 0.2) is 5.78 Å². The van der Waals surface area contributed by atoms with Gasteiger partial charge in [0.05, 0.1) is 10.9 Å². The number of ketones is 1. The number of hydrogen-bond donors (Lipinski definition) is 1. The highest BCUT2D eigenvalue weighted by Crippen LogP contribution is 2.11. The van der Waals surface area contributed by atoms with Crippen LogP contribution in [0.4, 0.5) is 5.69 Å². The molecule has 0 saturated heterocycles. The fourth-order valence-corrected chi connectivity index (χ4v) is 3.22. The summed E-state index contributed by atoms with van der Waals surface area (Å²) in [6.07, 6.45) is 0.499. The fourth-order valence-electron chi connectivity index (χ4n) is 3.22. The summed E-state index contributed by atoms with van der Waals surface area (Å²) in [7, 11) is 1.55. The van der Waals surface area contributed by atoms with Gasteiger partial charge in [-0.1, -0.05) is 12.1 Å². The molecule has 0 bridgehead atoms. The van der Waals surface area contributed by atoms with E-state index in [1.54, 1.807) is 55.6 Å². The van der Waals surface area contributed by atoms with Crippen LogP contribution < -0.4 is 16.6 Å². The molecule has 8 heteroatoms. The summed E-state index contributed by atoms with van der Waals surface area (Å²) < 4.78 is 7.44. The lowest BCUT2D eigenvalue weighted by molar-refractivity contribution is -0.116. The van der Waals surface area contributed by atoms with Crippen molar-refractivity contribution in [2.45, 2.75) is 26.4 Å². The summed E-state index contributed by atoms with van der Waals surface area (Å²) in [6.45, 7) is 1.82. The Labute approximate surface area is 172 Å². The Morgan fingerprint density at radius 3 is 2.37 bits per heavy atom. The quantitative estimate of drug-likeness (QED) is 0.453. The smallest absolute Gasteiger partial charge is 0.331 e. The first-order valence-electron chi connectivity index (χ1n) is 9.54. The summed E-state index contributed by atoms with van der Waals surface area (Å²) in [5.74, 6) is -0.485. The number of ether oxygens (including phenoxy) is 1. The van der Waals surface area contributed by atoms with Crippen molar-refractivity contribution in [1.82, 2.24) is 9.13 Å². The van der Waals surface area contributed by atoms with Gasteiger partial charge in [0.25, 0.3) is 5.56 Å². The maximum absolute atomic E-state index is 13.0. The summed E-state index contributed by atoms with van der Waals surface area (Å²) in [5, 5.41) is 3.09. The Hall–Kier alpha value is -3.52. The number of para-hydroxylation sites is 1. The predicted octanol–water partition coefficient (Wildman–Crippen LogP) is 2.04. The van der Waals surface area contributed by atoms with Gasteiger partial charge in [-0.15, -0.1) is 0 Å². The van der Waals surface area contributed by atoms with Gasteiger partial charge in [-0.3, -0.25) is 23.5 Å². The number of amides is 1. The number of benzene rings is 2. The Bertz CT molecular complexity index is 1190. The molecular formula is C22H23N3O5. The van der Waals surface area contributed by atoms with Crippen LogP contribution >= 0.6 is 0 Å². The van der Waals surface area contributed by atoms with E-state index in [0.29, 0.717) is 35.2 Å². The lowest BCUT2D eigenvalue weighted by Crippen LogP contribution is -2.42. The van der Waals surface area contributed by atoms with E-state index in [1.807, 2.05) is 0 Å². The van der Waals surface area contributed by atoms with Crippen molar-refractivity contribution in [2.24, 2.45) is 0 Å². The zero-order valence-corrected chi connectivity index (χ0v) is 16.9. The van der Waals surface area contributed by atoms with Gasteiger partial charge >= 0.3 is 5.69 Å². The summed E-state index contributed by atoms with van der Waals surface area (Å²) in [5.41, 5.74) is 0.520. The van der Waals surface area contributed by atoms with Gasteiger partial charge in [-0.2, -0.15) is 0 Å². The third kappa shape index (κ3) is 4.55. The second-order valence-electron chi connectivity index (χ2n) is 6.87. The number of aromatic nitrogens is 2. The number of anilines is 1. The average molecular weight is 409 g/mol. The number of methoxy groups -OCH3 is 1. The highest BCUT2D eigenvalue weighted by atomic mass is 16.5. The molecule has 0 saturated carbocycles. The molecule has 1 aromatic heterocycles. The number of Topliss-reactive ketones (excluding diaryl/α,β-unsaturated/α-hetero) is 1. The molecule has 30 heavy (non-hydrogen) atoms. The van der Waals surface area contributed by atoms with E-state index in [-0.39, 0.29) is 24.4 Å². The SMILES string of the molecule is COCCCn1c(=O)c2ccccc2n(CC(=O)Nc2ccc(C(C)=O)cc2)c1=O. The Morgan fingerprint density at radius 2 is 1.70 bits per heavy atom. The minimum Gasteiger partial charge on any atom is -0.385 e. The highest BCUT2D eigenvalue weighted by Gasteiger charge is 2.15. The first-order valence-corrected chi connectivity index (χ1v) is 9.54. The summed E-state index contributed by atoms with van der Waals surface area (Å²) in [4.78, 5) is 49.7. The fraction of sp³-hybridized carbons (Fsp3) is 0.273. The van der Waals surface area contributed by atoms with E-state index in [0.717, 1.165) is 4.57 Å². The van der Waals surface area contributed by atoms with Crippen LogP contribution in [0.25, 0.3) is 10.9 Å². The van der Waals surface area contributed by atoms with Crippen LogP contribution in [-0.4, -0.2) is 34.5 Å². The van der Waals surface area contributed by atoms with Gasteiger partial charge in [-0.25, -0.2) is 4.79 Å². The number of carbonyl (C=O) groups is 2. The molecule has 1 N–H and O–H groups in total. The molecule has 1 amide bonds. The number of hydrogen-bond acceptors (Lipinski definition) is 5. The molecule has 3 aromatic rings. The van der Waals surface area contributed by atoms with Crippen LogP contribution in [0.2, 0.25) is 0 Å². The maximum Gasteiger partial charge on any atom is 0.331 e. The lowest BCUT2D eigenvalue weighted by atomic mass is 10.1. The average Bonchev–Trinajstić information content (AvgIpc) is 2.74. The molecule has 3 rings (SSSR count). The molecule has 8 nitrogen and oxygen atoms in total. The third-order valence-electron chi connectivity index (χ3n) is 4.74. The number of nitrogens with one attached hydrogen (secondary N) is 1. The van der Waals surface area contributed by atoms with Crippen LogP contribution in [-0.2, 0) is 22.6 Å². The number of carbonyl (C=O) groups excluding carboxylic acids is 2. The van der Waals surface area contributed by atoms with E-state index in [9.17, 15) is 19.2 Å². The zero-order valence-electron chi connectivity index (χ0n) is 16.9. The van der Waals surface area contributed by atoms with Gasteiger partial charge in [0.2, 0.25) is 5.91 Å². The van der Waals surface area contributed by atoms with Gasteiger partial charge < -0.3 is 10.1 Å². The van der Waals surface area contributed by atoms with Crippen molar-refractivity contribution < 1.29 is 14.3 Å². The van der Waals surface area contributed by atoms with Crippen LogP contribution in [0.15, 0.2) is 58.1 Å². The van der Waals surface area contributed by atoms with Crippen molar-refractivity contribution in [2.75, 3.05) is 19.0 Å². The van der Waals surface area contributed by atoms with E-state index in [1.165, 1.54) is 11.5 Å². The van der Waals surface area contributed by atoms with Gasteiger partial charge in [0.1, 0.15) is 6.54 Å². The largest absolute Gasteiger partial charge is 0.385 e. The minimum absolute atomic E-state index is 0.0679. The van der Waals surface area contributed by atoms with Crippen molar-refractivity contribution in [3.8, 4) is 0 Å². The summed E-state index contributed by atoms with van der Waals surface area (Å²) >= 11 is 0. The normalized spacial score (nSPS) is 10.9. The van der Waals surface area contributed by atoms with Crippen LogP contribution in [0.1, 0.15) is 23.7 Å². The van der Waals surface area contributed by atoms with Gasteiger partial charge in [-0.05, 0) is 49.7 Å². The van der Waals surface area contributed by atoms with E-state index < -0.39 is 11.6 Å². The molecule has 0 spiro atoms. The zero-order chi connectivity index (χ0) is 21.7. The van der Waals surface area contributed by atoms with Gasteiger partial charge in [0, 0.05) is 31.5 Å². The van der Waals surface area contributed by atoms with Crippen LogP contribution in [0.3, 0.4) is 0 Å². The second-order valence-corrected chi connectivity index (χ2v) is 6.87. The Kier molecular flexibility index (Phi) is 6.58. The molecule has 0 aliphatic rings. The third-order valence-corrected chi connectivity index (χ3v) is 4.74. The van der Waals surface area contributed by atoms with Crippen molar-refractivity contribution in [3.63, 3.8) is 0 Å². The molecule has 2 aromatic carbocycles. The van der Waals surface area contributed by atoms with Crippen LogP contribution in [0, 0.1) is 0 Å². The topological polar surface area (TPSA) is 99.4 Å². The number of nitrogens with zero attached hydrogens (tertiary/aromatic N) is 2. The molecule has 156 valence electrons. The monoisotopic (exact) mass is 409 g/mol. The molecular weight excluding hydrogens is 386 g/mol. The Balaban J connectivity index is 1.92. The van der Waals surface area contributed by atoms with Crippen molar-refractivity contribution in [1.29, 1.82) is 0 Å². The predicted molar refractivity (Wildman–Crippen MR) is 114 cm³/mol. The first kappa shape index (κ1) is 21.2. The molecule has 0 radical (unpaired) electrons. The van der Waals surface area contributed by atoms with E-state index in [4.69, 9.17) is 4.74 Å². The molecule has 0 aliphatic carbocycles. The number of rotatable bonds is 8. The first-order chi connectivity index (χ1) is 14.4. The standard InChI is InChI=1S/C22H23N3O5/c1-15(26)16-8-10-17(11-9-16)23-20(27)14-25-19-7-4-3-6-18(19)21(28)24(22(25)29)12-5-13-30-2/h3-4,6-11H,5,12-14H2,1-2H3,(H,23,27). The summed E-state index contributed by atoms with van der Waals surface area (Å²) in [6, 6.07) is 13.2. The lowest BCUT2D eigenvalue weighted by Gasteiger charge is -2.14. The van der Waals surface area contributed by atoms with E-state index in [2.05, 4.69) is 5.32 Å². The molecule has 0 fully saturated rings. The maximum atomic E-state index is 13.0. The minimum atomic E-state index is -0.545. The number of fused-ring (bicyclic) bond motifs is 1. The molecule has 1 heterocycles. The molecule has 0 unspecified atom stereocenters. The molecule has 0 aliphatic heterocycles. The molecule has 0 atom stereocenters.